The number of thiazole rings is 1. The van der Waals surface area contributed by atoms with Gasteiger partial charge in [-0.2, -0.15) is 13.5 Å². The minimum atomic E-state index is -4.74. The predicted octanol–water partition coefficient (Wildman–Crippen LogP) is 5.45. The maximum atomic E-state index is 14.3. The highest BCUT2D eigenvalue weighted by Crippen LogP contribution is 2.72. The Morgan fingerprint density at radius 2 is 1.56 bits per heavy atom. The lowest BCUT2D eigenvalue weighted by Gasteiger charge is -2.69. The average molecular weight is 1610 g/mol. The van der Waals surface area contributed by atoms with Gasteiger partial charge < -0.3 is 83.9 Å². The van der Waals surface area contributed by atoms with Gasteiger partial charge in [-0.3, -0.25) is 43.4 Å². The van der Waals surface area contributed by atoms with Crippen LogP contribution < -0.4 is 35.1 Å². The van der Waals surface area contributed by atoms with E-state index in [1.165, 1.54) is 41.5 Å². The summed E-state index contributed by atoms with van der Waals surface area (Å²) in [5, 5.41) is 65.9. The molecule has 9 N–H and O–H groups in total. The summed E-state index contributed by atoms with van der Waals surface area (Å²) in [6.07, 6.45) is -0.136. The number of methoxy groups -OCH3 is 2. The largest absolute Gasteiger partial charge is 0.496 e. The zero-order valence-corrected chi connectivity index (χ0v) is 64.8. The number of carbonyl (C=O) groups is 8. The number of hydrogen-bond donors (Lipinski definition) is 9. The molecule has 3 aromatic carbocycles. The van der Waals surface area contributed by atoms with E-state index >= 15 is 0 Å². The Labute approximate surface area is 654 Å². The standard InChI is InChI=1S/C77H94N10O24S2/c1-45-51(49-17-19-58(82-62(49)69(96)97)85-25-22-48-52(35-85)50(16-18-55(48)105-5)67(94)83-72-81-53-11-8-9-12-57(53)112-72)34-79-87(45)44-76-39-74(2)38-75(3,40-76)42-77(41-74,43-76)109-30-27-84(26-29-104-4)73(100)108-36-46-14-15-47(33-56(46)110-71-65(93)63(91)64(92)66(111-71)70(98)99)107-32-31-106-28-23-78-68(95)54(37-113(101,102)103)80-59(88)13-7-6-10-24-86-60(89)20-21-61(86)90/h8-9,11-12,14-21,33-34,54,63-66,71,91-93H,6-7,10,13,22-32,35-44H2,1-5H3,(H,78,95)(H,80,88)(H,96,97)(H,98,99)(H,81,83,94)(H,101,102,103)/t54-,63-,64-,65+,66-,71+,74?,75?,76?,77?/m0/s1. The van der Waals surface area contributed by atoms with Gasteiger partial charge in [0, 0.05) is 111 Å². The fourth-order valence-electron chi connectivity index (χ4n) is 17.6. The van der Waals surface area contributed by atoms with Crippen LogP contribution in [0.25, 0.3) is 21.3 Å². The number of aromatic nitrogens is 4. The molecule has 113 heavy (non-hydrogen) atoms. The number of amides is 6. The number of aliphatic hydroxyl groups excluding tert-OH is 3. The summed E-state index contributed by atoms with van der Waals surface area (Å²) < 4.78 is 83.2. The molecule has 0 spiro atoms. The molecule has 3 aliphatic heterocycles. The average Bonchev–Trinajstić information content (AvgIpc) is 1.34. The Kier molecular flexibility index (Phi) is 25.6. The molecule has 4 aliphatic carbocycles. The summed E-state index contributed by atoms with van der Waals surface area (Å²) >= 11 is 1.38. The number of hydrogen-bond acceptors (Lipinski definition) is 26. The number of pyridine rings is 1. The third kappa shape index (κ3) is 19.5. The Bertz CT molecular complexity index is 4660. The van der Waals surface area contributed by atoms with Crippen LogP contribution in [0.5, 0.6) is 17.2 Å². The van der Waals surface area contributed by atoms with E-state index in [0.717, 1.165) is 76.2 Å². The van der Waals surface area contributed by atoms with Gasteiger partial charge in [-0.25, -0.2) is 24.4 Å². The van der Waals surface area contributed by atoms with Crippen molar-refractivity contribution in [3.05, 3.63) is 119 Å². The summed E-state index contributed by atoms with van der Waals surface area (Å²) in [6, 6.07) is 17.3. The van der Waals surface area contributed by atoms with Crippen molar-refractivity contribution in [2.24, 2.45) is 16.2 Å². The molecule has 0 radical (unpaired) electrons. The molecule has 36 heteroatoms. The number of unbranched alkanes of at least 4 members (excludes halogenated alkanes) is 2. The molecule has 2 unspecified atom stereocenters. The first kappa shape index (κ1) is 82.7. The number of fused-ring (bicyclic) bond motifs is 2. The molecule has 34 nitrogen and oxygen atoms in total. The van der Waals surface area contributed by atoms with E-state index in [-0.39, 0.29) is 124 Å². The third-order valence-electron chi connectivity index (χ3n) is 21.6. The first-order chi connectivity index (χ1) is 53.9. The smallest absolute Gasteiger partial charge is 0.410 e. The lowest BCUT2D eigenvalue weighted by atomic mass is 9.39. The van der Waals surface area contributed by atoms with Gasteiger partial charge in [-0.1, -0.05) is 43.7 Å². The number of carboxylic acids is 2. The monoisotopic (exact) mass is 1610 g/mol. The van der Waals surface area contributed by atoms with E-state index in [9.17, 15) is 76.9 Å². The molecule has 3 aromatic heterocycles. The highest BCUT2D eigenvalue weighted by molar-refractivity contribution is 7.85. The predicted molar refractivity (Wildman–Crippen MR) is 405 cm³/mol. The number of rotatable bonds is 37. The van der Waals surface area contributed by atoms with Crippen LogP contribution in [0.1, 0.15) is 121 Å². The molecule has 6 aromatic rings. The Morgan fingerprint density at radius 3 is 2.27 bits per heavy atom. The molecular formula is C77H94N10O24S2. The van der Waals surface area contributed by atoms with Crippen LogP contribution in [-0.4, -0.2) is 244 Å². The van der Waals surface area contributed by atoms with Crippen molar-refractivity contribution < 1.29 is 115 Å². The Balaban J connectivity index is 0.663. The molecule has 7 aliphatic rings. The van der Waals surface area contributed by atoms with Crippen molar-refractivity contribution in [1.29, 1.82) is 0 Å². The second-order valence-electron chi connectivity index (χ2n) is 30.5. The number of carbonyl (C=O) groups excluding carboxylic acids is 6. The van der Waals surface area contributed by atoms with Crippen LogP contribution in [0.15, 0.2) is 85.1 Å². The number of aromatic carboxylic acids is 1. The number of aliphatic carboxylic acids is 1. The number of imide groups is 1. The third-order valence-corrected chi connectivity index (χ3v) is 23.3. The van der Waals surface area contributed by atoms with E-state index < -0.39 is 106 Å². The molecule has 6 amide bonds. The maximum Gasteiger partial charge on any atom is 0.410 e. The van der Waals surface area contributed by atoms with Crippen LogP contribution in [0, 0.1) is 23.2 Å². The van der Waals surface area contributed by atoms with E-state index in [2.05, 4.69) is 34.8 Å². The molecule has 13 rings (SSSR count). The number of nitrogens with zero attached hydrogens (tertiary/aromatic N) is 7. The van der Waals surface area contributed by atoms with Crippen LogP contribution >= 0.6 is 11.3 Å². The van der Waals surface area contributed by atoms with E-state index in [1.807, 2.05) is 40.8 Å². The van der Waals surface area contributed by atoms with Gasteiger partial charge in [-0.05, 0) is 135 Å². The molecule has 608 valence electrons. The van der Waals surface area contributed by atoms with Gasteiger partial charge in [0.15, 0.2) is 16.9 Å². The zero-order chi connectivity index (χ0) is 80.7. The van der Waals surface area contributed by atoms with Crippen molar-refractivity contribution >= 4 is 90.2 Å². The molecule has 1 saturated heterocycles. The number of aliphatic hydroxyl groups is 3. The van der Waals surface area contributed by atoms with Gasteiger partial charge in [0.05, 0.1) is 55.6 Å². The minimum absolute atomic E-state index is 0.0855. The van der Waals surface area contributed by atoms with Crippen LogP contribution in [0.2, 0.25) is 0 Å². The van der Waals surface area contributed by atoms with Gasteiger partial charge in [0.1, 0.15) is 66.4 Å². The Hall–Kier alpha value is -9.76. The lowest BCUT2D eigenvalue weighted by Crippen LogP contribution is -2.64. The van der Waals surface area contributed by atoms with Crippen LogP contribution in [0.4, 0.5) is 15.7 Å². The normalized spacial score (nSPS) is 23.9. The summed E-state index contributed by atoms with van der Waals surface area (Å²) in [4.78, 5) is 117. The second kappa shape index (κ2) is 34.9. The van der Waals surface area contributed by atoms with Gasteiger partial charge in [0.25, 0.3) is 27.8 Å². The van der Waals surface area contributed by atoms with E-state index in [1.54, 1.807) is 37.6 Å². The number of ether oxygens (including phenoxy) is 8. The number of anilines is 2. The highest BCUT2D eigenvalue weighted by atomic mass is 32.2. The van der Waals surface area contributed by atoms with Gasteiger partial charge in [-0.15, -0.1) is 0 Å². The number of carboxylic acid groups (broad SMARTS) is 2. The number of para-hydroxylation sites is 1. The summed E-state index contributed by atoms with van der Waals surface area (Å²) in [6.45, 7) is 7.39. The van der Waals surface area contributed by atoms with Crippen molar-refractivity contribution in [2.45, 2.75) is 153 Å². The molecular weight excluding hydrogens is 1510 g/mol. The lowest BCUT2D eigenvalue weighted by molar-refractivity contribution is -0.271. The Morgan fingerprint density at radius 1 is 0.805 bits per heavy atom. The van der Waals surface area contributed by atoms with Crippen molar-refractivity contribution in [1.82, 2.24) is 40.2 Å². The molecule has 5 fully saturated rings. The van der Waals surface area contributed by atoms with Crippen LogP contribution in [-0.2, 0) is 83.9 Å². The van der Waals surface area contributed by atoms with E-state index in [0.29, 0.717) is 72.2 Å². The first-order valence-electron chi connectivity index (χ1n) is 37.3. The molecule has 8 atom stereocenters. The second-order valence-corrected chi connectivity index (χ2v) is 33.0. The minimum Gasteiger partial charge on any atom is -0.496 e. The molecule has 4 saturated carbocycles. The van der Waals surface area contributed by atoms with Gasteiger partial charge >= 0.3 is 18.0 Å². The van der Waals surface area contributed by atoms with Crippen LogP contribution in [0.3, 0.4) is 0 Å². The fraction of sp³-hybridized carbons (Fsp3) is 0.519. The van der Waals surface area contributed by atoms with Gasteiger partial charge in [0.2, 0.25) is 18.1 Å². The SMILES string of the molecule is COCCN(CCOC12CC3(C)CC(C)(CC(Cn4ncc(-c5ccc(N6CCc7c(OC)ccc(C(=O)Nc8nc9ccccc9s8)c7C6)nc5C(=O)O)c4C)(C3)C1)C2)C(=O)OCc1ccc(OCCOCCNC(=O)[C@H](CS(=O)(=O)O)NC(=O)CCCCCN2C(=O)C=CC2=O)cc1O[C@@H]1O[C@H](C(=O)O)[C@@H](O)[C@H](O)[C@H]1O. The van der Waals surface area contributed by atoms with E-state index in [4.69, 9.17) is 48.0 Å². The topological polar surface area (TPSA) is 455 Å². The fourth-order valence-corrected chi connectivity index (χ4v) is 19.2. The van der Waals surface area contributed by atoms with Crippen molar-refractivity contribution in [2.75, 3.05) is 95.9 Å². The summed E-state index contributed by atoms with van der Waals surface area (Å²) in [5.74, 6) is -5.76. The number of nitrogens with one attached hydrogen (secondary N) is 3. The highest BCUT2D eigenvalue weighted by Gasteiger charge is 2.66. The summed E-state index contributed by atoms with van der Waals surface area (Å²) in [5.41, 5.74) is 3.57. The maximum absolute atomic E-state index is 14.3. The van der Waals surface area contributed by atoms with Crippen molar-refractivity contribution in [3.63, 3.8) is 0 Å². The summed E-state index contributed by atoms with van der Waals surface area (Å²) in [7, 11) is -1.66. The number of benzene rings is 3. The quantitative estimate of drug-likeness (QED) is 0.0133. The van der Waals surface area contributed by atoms with Crippen molar-refractivity contribution in [3.8, 4) is 28.4 Å². The molecule has 6 heterocycles. The first-order valence-corrected chi connectivity index (χ1v) is 39.7. The molecule has 4 bridgehead atoms. The zero-order valence-electron chi connectivity index (χ0n) is 63.2.